The lowest BCUT2D eigenvalue weighted by molar-refractivity contribution is 0.586. The van der Waals surface area contributed by atoms with Crippen LogP contribution in [-0.4, -0.2) is 17.3 Å². The summed E-state index contributed by atoms with van der Waals surface area (Å²) in [5.41, 5.74) is 3.18. The van der Waals surface area contributed by atoms with E-state index in [1.54, 1.807) is 4.90 Å². The largest absolute Gasteiger partial charge is 0.215 e. The van der Waals surface area contributed by atoms with Crippen LogP contribution in [0.25, 0.3) is 10.8 Å². The average Bonchev–Trinajstić information content (AvgIpc) is 2.50. The van der Waals surface area contributed by atoms with Gasteiger partial charge in [0.15, 0.2) is 0 Å². The minimum absolute atomic E-state index is 0.198. The lowest BCUT2D eigenvalue weighted by Gasteiger charge is -2.40. The fraction of sp³-hybridized carbons (Fsp3) is 0.524. The first kappa shape index (κ1) is 17.4. The second-order valence-electron chi connectivity index (χ2n) is 7.25. The maximum atomic E-state index is 2.56. The molecule has 1 heteroatoms. The van der Waals surface area contributed by atoms with Gasteiger partial charge < -0.3 is 0 Å². The maximum absolute atomic E-state index is 2.56. The van der Waals surface area contributed by atoms with E-state index >= 15 is 0 Å². The van der Waals surface area contributed by atoms with Crippen molar-refractivity contribution in [3.05, 3.63) is 41.5 Å². The topological polar surface area (TPSA) is 0 Å². The van der Waals surface area contributed by atoms with E-state index in [-0.39, 0.29) is 5.41 Å². The molecule has 0 nitrogen and oxygen atoms in total. The van der Waals surface area contributed by atoms with Crippen LogP contribution in [0.1, 0.15) is 52.7 Å². The minimum Gasteiger partial charge on any atom is -0.215 e. The molecule has 0 radical (unpaired) electrons. The van der Waals surface area contributed by atoms with Crippen molar-refractivity contribution >= 4 is 20.8 Å². The first-order valence-corrected chi connectivity index (χ1v) is 10.7. The van der Waals surface area contributed by atoms with Crippen molar-refractivity contribution in [2.45, 2.75) is 58.8 Å². The van der Waals surface area contributed by atoms with Crippen LogP contribution in [0.5, 0.6) is 0 Å². The van der Waals surface area contributed by atoms with Gasteiger partial charge in [-0.25, -0.2) is 10.0 Å². The summed E-state index contributed by atoms with van der Waals surface area (Å²) in [6.45, 7) is 16.5. The molecule has 0 atom stereocenters. The molecule has 122 valence electrons. The van der Waals surface area contributed by atoms with Crippen LogP contribution in [0.15, 0.2) is 35.2 Å². The molecular formula is C21H32S. The van der Waals surface area contributed by atoms with E-state index < -0.39 is 10.0 Å². The van der Waals surface area contributed by atoms with Gasteiger partial charge in [0, 0.05) is 0 Å². The zero-order valence-electron chi connectivity index (χ0n) is 15.4. The van der Waals surface area contributed by atoms with Crippen molar-refractivity contribution in [2.24, 2.45) is 0 Å². The van der Waals surface area contributed by atoms with Crippen LogP contribution in [0.4, 0.5) is 0 Å². The highest BCUT2D eigenvalue weighted by molar-refractivity contribution is 8.33. The van der Waals surface area contributed by atoms with Crippen molar-refractivity contribution in [1.29, 1.82) is 0 Å². The summed E-state index contributed by atoms with van der Waals surface area (Å²) in [7, 11) is -0.715. The standard InChI is InChI=1S/C21H32S/c1-8-22(9-2,10-3)20-15-19(21(5,6)7)16(4)17-13-11-12-14-18(17)20/h11-15H,8-10H2,1-7H3. The van der Waals surface area contributed by atoms with Gasteiger partial charge in [-0.15, -0.1) is 0 Å². The van der Waals surface area contributed by atoms with Crippen LogP contribution in [0, 0.1) is 6.92 Å². The number of benzene rings is 2. The predicted octanol–water partition coefficient (Wildman–Crippen LogP) is 6.67. The molecular weight excluding hydrogens is 284 g/mol. The fourth-order valence-corrected chi connectivity index (χ4v) is 6.87. The van der Waals surface area contributed by atoms with Crippen LogP contribution < -0.4 is 0 Å². The Morgan fingerprint density at radius 2 is 1.36 bits per heavy atom. The molecule has 2 aromatic carbocycles. The van der Waals surface area contributed by atoms with Crippen LogP contribution in [-0.2, 0) is 5.41 Å². The predicted molar refractivity (Wildman–Crippen MR) is 105 cm³/mol. The van der Waals surface area contributed by atoms with E-state index in [1.807, 2.05) is 0 Å². The molecule has 2 rings (SSSR count). The molecule has 0 fully saturated rings. The van der Waals surface area contributed by atoms with Gasteiger partial charge >= 0.3 is 0 Å². The summed E-state index contributed by atoms with van der Waals surface area (Å²) in [5.74, 6) is 3.86. The number of aryl methyl sites for hydroxylation is 1. The third-order valence-corrected chi connectivity index (χ3v) is 9.79. The van der Waals surface area contributed by atoms with Gasteiger partial charge in [0.2, 0.25) is 0 Å². The highest BCUT2D eigenvalue weighted by atomic mass is 32.3. The molecule has 0 saturated carbocycles. The van der Waals surface area contributed by atoms with Gasteiger partial charge in [0.1, 0.15) is 0 Å². The lowest BCUT2D eigenvalue weighted by Crippen LogP contribution is -2.16. The minimum atomic E-state index is -0.715. The van der Waals surface area contributed by atoms with Gasteiger partial charge in [0.25, 0.3) is 0 Å². The number of fused-ring (bicyclic) bond motifs is 1. The van der Waals surface area contributed by atoms with Crippen molar-refractivity contribution in [1.82, 2.24) is 0 Å². The second-order valence-corrected chi connectivity index (χ2v) is 11.5. The van der Waals surface area contributed by atoms with E-state index in [9.17, 15) is 0 Å². The molecule has 0 N–H and O–H groups in total. The molecule has 0 spiro atoms. The smallest absolute Gasteiger partial charge is 0.00173 e. The molecule has 22 heavy (non-hydrogen) atoms. The van der Waals surface area contributed by atoms with Crippen LogP contribution in [0.3, 0.4) is 0 Å². The van der Waals surface area contributed by atoms with E-state index in [0.717, 1.165) is 0 Å². The highest BCUT2D eigenvalue weighted by Crippen LogP contribution is 2.58. The van der Waals surface area contributed by atoms with Crippen molar-refractivity contribution < 1.29 is 0 Å². The van der Waals surface area contributed by atoms with Crippen molar-refractivity contribution in [3.63, 3.8) is 0 Å². The summed E-state index contributed by atoms with van der Waals surface area (Å²) >= 11 is 0. The quantitative estimate of drug-likeness (QED) is 0.591. The highest BCUT2D eigenvalue weighted by Gasteiger charge is 2.27. The SMILES string of the molecule is CCS(CC)(CC)c1cc(C(C)(C)C)c(C)c2ccccc12. The lowest BCUT2D eigenvalue weighted by atomic mass is 9.82. The molecule has 0 aliphatic rings. The molecule has 0 unspecified atom stereocenters. The molecule has 0 aliphatic heterocycles. The van der Waals surface area contributed by atoms with E-state index in [0.29, 0.717) is 0 Å². The van der Waals surface area contributed by atoms with Crippen molar-refractivity contribution in [2.75, 3.05) is 17.3 Å². The zero-order valence-corrected chi connectivity index (χ0v) is 16.2. The van der Waals surface area contributed by atoms with E-state index in [1.165, 1.54) is 39.2 Å². The Bertz CT molecular complexity index is 649. The summed E-state index contributed by atoms with van der Waals surface area (Å²) in [6.07, 6.45) is 0. The Hall–Kier alpha value is -0.950. The number of hydrogen-bond donors (Lipinski definition) is 0. The first-order chi connectivity index (χ1) is 10.3. The third-order valence-electron chi connectivity index (χ3n) is 5.21. The van der Waals surface area contributed by atoms with E-state index in [4.69, 9.17) is 0 Å². The van der Waals surface area contributed by atoms with Crippen molar-refractivity contribution in [3.8, 4) is 0 Å². The summed E-state index contributed by atoms with van der Waals surface area (Å²) in [6, 6.07) is 11.6. The Morgan fingerprint density at radius 1 is 0.864 bits per heavy atom. The van der Waals surface area contributed by atoms with Gasteiger partial charge in [-0.1, -0.05) is 65.8 Å². The molecule has 0 amide bonds. The zero-order chi connectivity index (χ0) is 16.5. The molecule has 0 bridgehead atoms. The first-order valence-electron chi connectivity index (χ1n) is 8.60. The molecule has 0 saturated heterocycles. The van der Waals surface area contributed by atoms with Gasteiger partial charge in [-0.05, 0) is 62.5 Å². The Kier molecular flexibility index (Phi) is 4.96. The molecule has 0 aromatic heterocycles. The van der Waals surface area contributed by atoms with Gasteiger partial charge in [0.05, 0.1) is 0 Å². The maximum Gasteiger partial charge on any atom is -0.00173 e. The van der Waals surface area contributed by atoms with Gasteiger partial charge in [-0.3, -0.25) is 0 Å². The normalized spacial score (nSPS) is 13.6. The summed E-state index contributed by atoms with van der Waals surface area (Å²) in [4.78, 5) is 1.64. The molecule has 0 aliphatic carbocycles. The second kappa shape index (κ2) is 6.28. The number of hydrogen-bond acceptors (Lipinski definition) is 0. The average molecular weight is 317 g/mol. The summed E-state index contributed by atoms with van der Waals surface area (Å²) in [5, 5.41) is 2.95. The molecule has 0 heterocycles. The number of rotatable bonds is 4. The summed E-state index contributed by atoms with van der Waals surface area (Å²) < 4.78 is 0. The van der Waals surface area contributed by atoms with E-state index in [2.05, 4.69) is 78.8 Å². The fourth-order valence-electron chi connectivity index (χ4n) is 3.70. The Labute approximate surface area is 138 Å². The van der Waals surface area contributed by atoms with Crippen LogP contribution in [0.2, 0.25) is 0 Å². The molecule has 2 aromatic rings. The Balaban J connectivity index is 2.92. The van der Waals surface area contributed by atoms with Gasteiger partial charge in [-0.2, -0.15) is 0 Å². The Morgan fingerprint density at radius 3 is 1.82 bits per heavy atom. The monoisotopic (exact) mass is 316 g/mol. The third kappa shape index (κ3) is 2.80. The van der Waals surface area contributed by atoms with Crippen LogP contribution >= 0.6 is 10.0 Å².